The van der Waals surface area contributed by atoms with E-state index in [0.29, 0.717) is 6.54 Å². The van der Waals surface area contributed by atoms with Crippen LogP contribution in [0.1, 0.15) is 19.4 Å². The number of hydrogen-bond donors (Lipinski definition) is 1. The lowest BCUT2D eigenvalue weighted by Gasteiger charge is -2.25. The van der Waals surface area contributed by atoms with E-state index in [0.717, 1.165) is 6.07 Å². The van der Waals surface area contributed by atoms with Crippen LogP contribution in [0.2, 0.25) is 0 Å². The van der Waals surface area contributed by atoms with Gasteiger partial charge < -0.3 is 5.11 Å². The number of rotatable bonds is 6. The number of nitro benzene ring substituents is 1. The Morgan fingerprint density at radius 1 is 1.50 bits per heavy atom. The Balaban J connectivity index is 2.96. The van der Waals surface area contributed by atoms with E-state index in [4.69, 9.17) is 5.11 Å². The molecule has 0 saturated carbocycles. The van der Waals surface area contributed by atoms with E-state index in [-0.39, 0.29) is 24.8 Å². The SMILES string of the molecule is CC(C)N(CCO)Cc1cccc([N+](=O)[O-])c1F. The van der Waals surface area contributed by atoms with Gasteiger partial charge in [0, 0.05) is 30.8 Å². The van der Waals surface area contributed by atoms with Crippen LogP contribution >= 0.6 is 0 Å². The minimum atomic E-state index is -0.800. The fourth-order valence-electron chi connectivity index (χ4n) is 1.70. The van der Waals surface area contributed by atoms with Gasteiger partial charge in [0.2, 0.25) is 5.82 Å². The molecular weight excluding hydrogens is 239 g/mol. The van der Waals surface area contributed by atoms with Crippen molar-refractivity contribution in [2.24, 2.45) is 0 Å². The first-order chi connectivity index (χ1) is 8.47. The van der Waals surface area contributed by atoms with Crippen molar-refractivity contribution in [2.45, 2.75) is 26.4 Å². The first kappa shape index (κ1) is 14.5. The minimum Gasteiger partial charge on any atom is -0.395 e. The second-order valence-electron chi connectivity index (χ2n) is 4.30. The third kappa shape index (κ3) is 3.48. The Hall–Kier alpha value is -1.53. The van der Waals surface area contributed by atoms with E-state index >= 15 is 0 Å². The summed E-state index contributed by atoms with van der Waals surface area (Å²) in [5.74, 6) is -0.800. The molecule has 18 heavy (non-hydrogen) atoms. The number of aliphatic hydroxyl groups is 1. The van der Waals surface area contributed by atoms with E-state index in [2.05, 4.69) is 0 Å². The number of halogens is 1. The molecule has 0 saturated heterocycles. The van der Waals surface area contributed by atoms with Crippen LogP contribution in [0.3, 0.4) is 0 Å². The molecule has 0 unspecified atom stereocenters. The molecule has 0 aliphatic rings. The van der Waals surface area contributed by atoms with E-state index in [9.17, 15) is 14.5 Å². The van der Waals surface area contributed by atoms with Crippen molar-refractivity contribution in [1.29, 1.82) is 0 Å². The number of hydrogen-bond acceptors (Lipinski definition) is 4. The molecule has 0 bridgehead atoms. The van der Waals surface area contributed by atoms with Gasteiger partial charge in [0.15, 0.2) is 0 Å². The number of aliphatic hydroxyl groups excluding tert-OH is 1. The lowest BCUT2D eigenvalue weighted by molar-refractivity contribution is -0.387. The Morgan fingerprint density at radius 3 is 2.67 bits per heavy atom. The van der Waals surface area contributed by atoms with Crippen molar-refractivity contribution >= 4 is 5.69 Å². The van der Waals surface area contributed by atoms with Gasteiger partial charge in [-0.15, -0.1) is 0 Å². The highest BCUT2D eigenvalue weighted by atomic mass is 19.1. The predicted molar refractivity (Wildman–Crippen MR) is 65.7 cm³/mol. The summed E-state index contributed by atoms with van der Waals surface area (Å²) in [5.41, 5.74) is -0.244. The zero-order chi connectivity index (χ0) is 13.7. The van der Waals surface area contributed by atoms with E-state index in [1.54, 1.807) is 0 Å². The Bertz CT molecular complexity index is 424. The third-order valence-electron chi connectivity index (χ3n) is 2.75. The van der Waals surface area contributed by atoms with Crippen molar-refractivity contribution in [3.8, 4) is 0 Å². The number of nitro groups is 1. The average Bonchev–Trinajstić information content (AvgIpc) is 2.30. The fraction of sp³-hybridized carbons (Fsp3) is 0.500. The minimum absolute atomic E-state index is 0.0330. The van der Waals surface area contributed by atoms with Crippen LogP contribution < -0.4 is 0 Å². The molecule has 0 aliphatic carbocycles. The summed E-state index contributed by atoms with van der Waals surface area (Å²) >= 11 is 0. The van der Waals surface area contributed by atoms with Gasteiger partial charge in [0.05, 0.1) is 11.5 Å². The topological polar surface area (TPSA) is 66.6 Å². The van der Waals surface area contributed by atoms with Crippen molar-refractivity contribution < 1.29 is 14.4 Å². The molecule has 0 radical (unpaired) electrons. The quantitative estimate of drug-likeness (QED) is 0.624. The van der Waals surface area contributed by atoms with Gasteiger partial charge in [-0.2, -0.15) is 4.39 Å². The molecular formula is C12H17FN2O3. The van der Waals surface area contributed by atoms with Gasteiger partial charge in [-0.3, -0.25) is 15.0 Å². The first-order valence-electron chi connectivity index (χ1n) is 5.74. The Labute approximate surface area is 105 Å². The summed E-state index contributed by atoms with van der Waals surface area (Å²) in [6.45, 7) is 4.45. The average molecular weight is 256 g/mol. The van der Waals surface area contributed by atoms with Gasteiger partial charge in [0.1, 0.15) is 0 Å². The molecule has 100 valence electrons. The fourth-order valence-corrected chi connectivity index (χ4v) is 1.70. The van der Waals surface area contributed by atoms with Gasteiger partial charge >= 0.3 is 5.69 Å². The maximum atomic E-state index is 13.9. The molecule has 5 nitrogen and oxygen atoms in total. The van der Waals surface area contributed by atoms with Crippen molar-refractivity contribution in [2.75, 3.05) is 13.2 Å². The summed E-state index contributed by atoms with van der Waals surface area (Å²) in [7, 11) is 0. The molecule has 1 aromatic carbocycles. The van der Waals surface area contributed by atoms with Gasteiger partial charge in [-0.1, -0.05) is 12.1 Å². The molecule has 6 heteroatoms. The second-order valence-corrected chi connectivity index (χ2v) is 4.30. The lowest BCUT2D eigenvalue weighted by Crippen LogP contribution is -2.33. The third-order valence-corrected chi connectivity index (χ3v) is 2.75. The monoisotopic (exact) mass is 256 g/mol. The highest BCUT2D eigenvalue weighted by Gasteiger charge is 2.19. The van der Waals surface area contributed by atoms with Crippen LogP contribution in [0.15, 0.2) is 18.2 Å². The van der Waals surface area contributed by atoms with Crippen LogP contribution in [0.5, 0.6) is 0 Å². The Kier molecular flexibility index (Phi) is 5.18. The molecule has 0 spiro atoms. The van der Waals surface area contributed by atoms with Crippen LogP contribution in [-0.4, -0.2) is 34.1 Å². The summed E-state index contributed by atoms with van der Waals surface area (Å²) in [5, 5.41) is 19.6. The summed E-state index contributed by atoms with van der Waals surface area (Å²) in [4.78, 5) is 11.7. The zero-order valence-electron chi connectivity index (χ0n) is 10.5. The molecule has 0 aliphatic heterocycles. The predicted octanol–water partition coefficient (Wildman–Crippen LogP) is 1.94. The van der Waals surface area contributed by atoms with Crippen molar-refractivity contribution in [1.82, 2.24) is 4.90 Å². The van der Waals surface area contributed by atoms with E-state index < -0.39 is 16.4 Å². The van der Waals surface area contributed by atoms with Crippen LogP contribution in [0, 0.1) is 15.9 Å². The van der Waals surface area contributed by atoms with Gasteiger partial charge in [-0.25, -0.2) is 0 Å². The smallest absolute Gasteiger partial charge is 0.305 e. The molecule has 0 aromatic heterocycles. The van der Waals surface area contributed by atoms with E-state index in [1.165, 1.54) is 12.1 Å². The zero-order valence-corrected chi connectivity index (χ0v) is 10.5. The highest BCUT2D eigenvalue weighted by molar-refractivity contribution is 5.36. The van der Waals surface area contributed by atoms with E-state index in [1.807, 2.05) is 18.7 Å². The van der Waals surface area contributed by atoms with Crippen molar-refractivity contribution in [3.63, 3.8) is 0 Å². The van der Waals surface area contributed by atoms with Crippen LogP contribution in [-0.2, 0) is 6.54 Å². The first-order valence-corrected chi connectivity index (χ1v) is 5.74. The molecule has 1 aromatic rings. The maximum Gasteiger partial charge on any atom is 0.305 e. The second kappa shape index (κ2) is 6.42. The normalized spacial score (nSPS) is 11.2. The standard InChI is InChI=1S/C12H17FN2O3/c1-9(2)14(6-7-16)8-10-4-3-5-11(12(10)13)15(17)18/h3-5,9,16H,6-8H2,1-2H3. The molecule has 1 N–H and O–H groups in total. The molecule has 1 rings (SSSR count). The molecule has 0 amide bonds. The van der Waals surface area contributed by atoms with Gasteiger partial charge in [-0.05, 0) is 13.8 Å². The highest BCUT2D eigenvalue weighted by Crippen LogP contribution is 2.21. The summed E-state index contributed by atoms with van der Waals surface area (Å²) < 4.78 is 13.9. The Morgan fingerprint density at radius 2 is 2.17 bits per heavy atom. The molecule has 0 heterocycles. The van der Waals surface area contributed by atoms with Crippen LogP contribution in [0.25, 0.3) is 0 Å². The van der Waals surface area contributed by atoms with Crippen LogP contribution in [0.4, 0.5) is 10.1 Å². The number of benzene rings is 1. The molecule has 0 fully saturated rings. The summed E-state index contributed by atoms with van der Waals surface area (Å²) in [6, 6.07) is 4.25. The maximum absolute atomic E-state index is 13.9. The largest absolute Gasteiger partial charge is 0.395 e. The summed E-state index contributed by atoms with van der Waals surface area (Å²) in [6.07, 6.45) is 0. The number of nitrogens with zero attached hydrogens (tertiary/aromatic N) is 2. The lowest BCUT2D eigenvalue weighted by atomic mass is 10.1. The van der Waals surface area contributed by atoms with Crippen molar-refractivity contribution in [3.05, 3.63) is 39.7 Å². The van der Waals surface area contributed by atoms with Gasteiger partial charge in [0.25, 0.3) is 0 Å². The molecule has 0 atom stereocenters.